The maximum atomic E-state index is 13.1. The molecule has 0 aliphatic carbocycles. The molecule has 2 rings (SSSR count). The molecule has 0 radical (unpaired) electrons. The summed E-state index contributed by atoms with van der Waals surface area (Å²) >= 11 is 0. The summed E-state index contributed by atoms with van der Waals surface area (Å²) in [6.45, 7) is 5.62. The first-order valence-electron chi connectivity index (χ1n) is 6.88. The van der Waals surface area contributed by atoms with Crippen LogP contribution in [0.5, 0.6) is 0 Å². The highest BCUT2D eigenvalue weighted by atomic mass is 19.4. The molecule has 0 amide bonds. The number of hydrogen-bond acceptors (Lipinski definition) is 3. The maximum Gasteiger partial charge on any atom is 0.451 e. The zero-order valence-corrected chi connectivity index (χ0v) is 12.3. The van der Waals surface area contributed by atoms with Crippen LogP contribution in [0.2, 0.25) is 0 Å². The summed E-state index contributed by atoms with van der Waals surface area (Å²) in [7, 11) is 0. The van der Waals surface area contributed by atoms with Gasteiger partial charge in [0.15, 0.2) is 0 Å². The molecule has 1 aromatic rings. The minimum Gasteiger partial charge on any atom is -0.256 e. The molecular formula is C15H18F3N3. The molecule has 0 unspecified atom stereocenters. The molecule has 0 saturated heterocycles. The van der Waals surface area contributed by atoms with Crippen LogP contribution in [0.3, 0.4) is 0 Å². The second-order valence-corrected chi connectivity index (χ2v) is 5.15. The Hall–Kier alpha value is -1.85. The third kappa shape index (κ3) is 3.43. The SMILES string of the molecule is CCCc1ccc(N2N=C(C)CN=C2C(F)(F)F)cc1C. The minimum atomic E-state index is -4.51. The normalized spacial score (nSPS) is 15.8. The van der Waals surface area contributed by atoms with Crippen LogP contribution in [0.1, 0.15) is 31.4 Å². The average molecular weight is 297 g/mol. The summed E-state index contributed by atoms with van der Waals surface area (Å²) in [4.78, 5) is 3.61. The largest absolute Gasteiger partial charge is 0.451 e. The third-order valence-electron chi connectivity index (χ3n) is 3.27. The fraction of sp³-hybridized carbons (Fsp3) is 0.467. The number of benzene rings is 1. The number of anilines is 1. The number of rotatable bonds is 3. The highest BCUT2D eigenvalue weighted by Gasteiger charge is 2.42. The lowest BCUT2D eigenvalue weighted by atomic mass is 10.0. The number of nitrogens with zero attached hydrogens (tertiary/aromatic N) is 3. The van der Waals surface area contributed by atoms with Crippen LogP contribution >= 0.6 is 0 Å². The van der Waals surface area contributed by atoms with Gasteiger partial charge in [0.05, 0.1) is 17.9 Å². The molecule has 114 valence electrons. The van der Waals surface area contributed by atoms with E-state index in [2.05, 4.69) is 17.0 Å². The van der Waals surface area contributed by atoms with Gasteiger partial charge in [-0.3, -0.25) is 4.99 Å². The highest BCUT2D eigenvalue weighted by molar-refractivity contribution is 6.06. The van der Waals surface area contributed by atoms with E-state index in [-0.39, 0.29) is 6.54 Å². The zero-order chi connectivity index (χ0) is 15.6. The molecule has 1 aliphatic rings. The molecular weight excluding hydrogens is 279 g/mol. The standard InChI is InChI=1S/C15H18F3N3/c1-4-5-12-6-7-13(8-10(12)2)21-14(15(16,17)18)19-9-11(3)20-21/h6-8H,4-5,9H2,1-3H3. The van der Waals surface area contributed by atoms with Crippen molar-refractivity contribution in [3.63, 3.8) is 0 Å². The molecule has 0 N–H and O–H groups in total. The molecule has 0 fully saturated rings. The Morgan fingerprint density at radius 1 is 1.24 bits per heavy atom. The quantitative estimate of drug-likeness (QED) is 0.825. The Morgan fingerprint density at radius 2 is 1.95 bits per heavy atom. The number of amidine groups is 1. The van der Waals surface area contributed by atoms with Crippen molar-refractivity contribution >= 4 is 17.2 Å². The van der Waals surface area contributed by atoms with Crippen molar-refractivity contribution in [1.82, 2.24) is 0 Å². The molecule has 0 aromatic heterocycles. The first-order chi connectivity index (χ1) is 9.82. The van der Waals surface area contributed by atoms with E-state index in [1.165, 1.54) is 0 Å². The van der Waals surface area contributed by atoms with Crippen LogP contribution in [0.4, 0.5) is 18.9 Å². The summed E-state index contributed by atoms with van der Waals surface area (Å²) in [5, 5.41) is 4.91. The van der Waals surface area contributed by atoms with Crippen LogP contribution in [0.15, 0.2) is 28.3 Å². The van der Waals surface area contributed by atoms with Crippen LogP contribution in [0.25, 0.3) is 0 Å². The summed E-state index contributed by atoms with van der Waals surface area (Å²) in [6, 6.07) is 5.26. The van der Waals surface area contributed by atoms with E-state index >= 15 is 0 Å². The fourth-order valence-corrected chi connectivity index (χ4v) is 2.26. The number of aliphatic imine (C=N–C) groups is 1. The number of halogens is 3. The lowest BCUT2D eigenvalue weighted by molar-refractivity contribution is -0.0604. The van der Waals surface area contributed by atoms with Gasteiger partial charge in [0, 0.05) is 0 Å². The van der Waals surface area contributed by atoms with Gasteiger partial charge in [0.2, 0.25) is 5.84 Å². The van der Waals surface area contributed by atoms with Crippen molar-refractivity contribution in [3.05, 3.63) is 29.3 Å². The van der Waals surface area contributed by atoms with Gasteiger partial charge in [0.25, 0.3) is 0 Å². The topological polar surface area (TPSA) is 28.0 Å². The average Bonchev–Trinajstić information content (AvgIpc) is 2.39. The summed E-state index contributed by atoms with van der Waals surface area (Å²) in [5.74, 6) is -0.962. The Kier molecular flexibility index (Phi) is 4.34. The Labute approximate surface area is 122 Å². The van der Waals surface area contributed by atoms with Crippen LogP contribution in [-0.4, -0.2) is 24.3 Å². The smallest absolute Gasteiger partial charge is 0.256 e. The summed E-state index contributed by atoms with van der Waals surface area (Å²) in [5.41, 5.74) is 3.06. The molecule has 6 heteroatoms. The molecule has 0 bridgehead atoms. The van der Waals surface area contributed by atoms with Crippen molar-refractivity contribution in [2.24, 2.45) is 10.1 Å². The van der Waals surface area contributed by atoms with Gasteiger partial charge >= 0.3 is 6.18 Å². The van der Waals surface area contributed by atoms with Crippen LogP contribution < -0.4 is 5.01 Å². The van der Waals surface area contributed by atoms with Crippen LogP contribution in [-0.2, 0) is 6.42 Å². The number of alkyl halides is 3. The van der Waals surface area contributed by atoms with E-state index < -0.39 is 12.0 Å². The van der Waals surface area contributed by atoms with E-state index in [0.717, 1.165) is 29.0 Å². The minimum absolute atomic E-state index is 0.0156. The van der Waals surface area contributed by atoms with Crippen molar-refractivity contribution in [3.8, 4) is 0 Å². The van der Waals surface area contributed by atoms with E-state index in [9.17, 15) is 13.2 Å². The van der Waals surface area contributed by atoms with Gasteiger partial charge in [-0.25, -0.2) is 5.01 Å². The van der Waals surface area contributed by atoms with Crippen molar-refractivity contribution in [2.75, 3.05) is 11.6 Å². The van der Waals surface area contributed by atoms with Gasteiger partial charge < -0.3 is 0 Å². The van der Waals surface area contributed by atoms with E-state index in [1.807, 2.05) is 13.0 Å². The Morgan fingerprint density at radius 3 is 2.52 bits per heavy atom. The summed E-state index contributed by atoms with van der Waals surface area (Å²) < 4.78 is 39.2. The molecule has 0 saturated carbocycles. The number of hydrazone groups is 1. The van der Waals surface area contributed by atoms with Gasteiger partial charge in [-0.1, -0.05) is 19.4 Å². The van der Waals surface area contributed by atoms with Crippen molar-refractivity contribution in [2.45, 2.75) is 39.8 Å². The molecule has 0 atom stereocenters. The van der Waals surface area contributed by atoms with Gasteiger partial charge in [0.1, 0.15) is 0 Å². The molecule has 0 spiro atoms. The second kappa shape index (κ2) is 5.87. The fourth-order valence-electron chi connectivity index (χ4n) is 2.26. The lowest BCUT2D eigenvalue weighted by Gasteiger charge is -2.26. The van der Waals surface area contributed by atoms with Gasteiger partial charge in [-0.15, -0.1) is 0 Å². The predicted molar refractivity (Wildman–Crippen MR) is 79.1 cm³/mol. The maximum absolute atomic E-state index is 13.1. The first kappa shape index (κ1) is 15.5. The zero-order valence-electron chi connectivity index (χ0n) is 12.3. The lowest BCUT2D eigenvalue weighted by Crippen LogP contribution is -2.41. The highest BCUT2D eigenvalue weighted by Crippen LogP contribution is 2.28. The molecule has 3 nitrogen and oxygen atoms in total. The number of aryl methyl sites for hydroxylation is 2. The third-order valence-corrected chi connectivity index (χ3v) is 3.27. The summed E-state index contributed by atoms with van der Waals surface area (Å²) in [6.07, 6.45) is -2.61. The second-order valence-electron chi connectivity index (χ2n) is 5.15. The number of hydrogen-bond donors (Lipinski definition) is 0. The van der Waals surface area contributed by atoms with Crippen LogP contribution in [0, 0.1) is 6.92 Å². The first-order valence-corrected chi connectivity index (χ1v) is 6.88. The Balaban J connectivity index is 2.40. The van der Waals surface area contributed by atoms with E-state index in [1.54, 1.807) is 19.1 Å². The monoisotopic (exact) mass is 297 g/mol. The molecule has 1 aromatic carbocycles. The molecule has 1 aliphatic heterocycles. The molecule has 1 heterocycles. The van der Waals surface area contributed by atoms with Crippen molar-refractivity contribution in [1.29, 1.82) is 0 Å². The van der Waals surface area contributed by atoms with E-state index in [0.29, 0.717) is 11.4 Å². The molecule has 21 heavy (non-hydrogen) atoms. The Bertz CT molecular complexity index is 588. The van der Waals surface area contributed by atoms with Gasteiger partial charge in [-0.05, 0) is 43.5 Å². The predicted octanol–water partition coefficient (Wildman–Crippen LogP) is 4.10. The van der Waals surface area contributed by atoms with Gasteiger partial charge in [-0.2, -0.15) is 18.3 Å². The van der Waals surface area contributed by atoms with Crippen molar-refractivity contribution < 1.29 is 13.2 Å². The van der Waals surface area contributed by atoms with E-state index in [4.69, 9.17) is 0 Å².